The molecule has 1 saturated heterocycles. The van der Waals surface area contributed by atoms with E-state index in [-0.39, 0.29) is 11.7 Å². The minimum absolute atomic E-state index is 0.0101. The Bertz CT molecular complexity index is 1020. The third-order valence-electron chi connectivity index (χ3n) is 4.64. The van der Waals surface area contributed by atoms with Crippen LogP contribution in [0, 0.1) is 17.0 Å². The van der Waals surface area contributed by atoms with Crippen molar-refractivity contribution in [1.82, 2.24) is 10.9 Å². The lowest BCUT2D eigenvalue weighted by Gasteiger charge is -2.41. The van der Waals surface area contributed by atoms with Gasteiger partial charge in [0.25, 0.3) is 5.69 Å². The standard InChI is InChI=1S/C21H19N5O3/c1-15-7-11-18(12-8-15)25-21(27)24(17-5-3-2-4-6-17)22-20(23-25)16-9-13-19(14-10-16)26(28)29/h2-14,20,22-23H,1H3. The molecule has 29 heavy (non-hydrogen) atoms. The number of para-hydroxylation sites is 1. The predicted molar refractivity (Wildman–Crippen MR) is 110 cm³/mol. The minimum atomic E-state index is -0.477. The number of nitro benzene ring substituents is 1. The molecule has 8 nitrogen and oxygen atoms in total. The molecule has 1 aliphatic rings. The fraction of sp³-hybridized carbons (Fsp3) is 0.0952. The van der Waals surface area contributed by atoms with Crippen molar-refractivity contribution < 1.29 is 9.72 Å². The average molecular weight is 389 g/mol. The van der Waals surface area contributed by atoms with Crippen molar-refractivity contribution >= 4 is 23.1 Å². The summed E-state index contributed by atoms with van der Waals surface area (Å²) in [5, 5.41) is 13.9. The highest BCUT2D eigenvalue weighted by Crippen LogP contribution is 2.26. The number of non-ortho nitro benzene ring substituents is 1. The van der Waals surface area contributed by atoms with Gasteiger partial charge in [0.2, 0.25) is 0 Å². The number of nitro groups is 1. The van der Waals surface area contributed by atoms with E-state index in [0.29, 0.717) is 11.4 Å². The van der Waals surface area contributed by atoms with Crippen LogP contribution in [0.1, 0.15) is 17.3 Å². The van der Waals surface area contributed by atoms with Crippen molar-refractivity contribution in [3.05, 3.63) is 100 Å². The fourth-order valence-corrected chi connectivity index (χ4v) is 3.08. The Hall–Kier alpha value is -3.75. The molecule has 0 bridgehead atoms. The van der Waals surface area contributed by atoms with Crippen LogP contribution >= 0.6 is 0 Å². The molecule has 8 heteroatoms. The van der Waals surface area contributed by atoms with E-state index in [2.05, 4.69) is 10.9 Å². The third kappa shape index (κ3) is 3.79. The third-order valence-corrected chi connectivity index (χ3v) is 4.64. The summed E-state index contributed by atoms with van der Waals surface area (Å²) in [4.78, 5) is 23.7. The molecular weight excluding hydrogens is 370 g/mol. The Labute approximate surface area is 167 Å². The van der Waals surface area contributed by atoms with Crippen LogP contribution in [0.4, 0.5) is 21.9 Å². The topological polar surface area (TPSA) is 90.8 Å². The van der Waals surface area contributed by atoms with Crippen LogP contribution in [0.3, 0.4) is 0 Å². The second kappa shape index (κ2) is 7.70. The van der Waals surface area contributed by atoms with Crippen molar-refractivity contribution in [3.8, 4) is 0 Å². The van der Waals surface area contributed by atoms with Crippen molar-refractivity contribution in [1.29, 1.82) is 0 Å². The average Bonchev–Trinajstić information content (AvgIpc) is 2.75. The zero-order valence-electron chi connectivity index (χ0n) is 15.6. The Morgan fingerprint density at radius 2 is 1.38 bits per heavy atom. The number of nitrogens with one attached hydrogen (secondary N) is 2. The van der Waals surface area contributed by atoms with Gasteiger partial charge in [-0.1, -0.05) is 35.9 Å². The number of rotatable bonds is 4. The number of aryl methyl sites for hydroxylation is 1. The summed E-state index contributed by atoms with van der Waals surface area (Å²) >= 11 is 0. The number of nitrogens with zero attached hydrogens (tertiary/aromatic N) is 3. The maximum atomic E-state index is 13.2. The van der Waals surface area contributed by atoms with Gasteiger partial charge in [0.05, 0.1) is 16.3 Å². The van der Waals surface area contributed by atoms with Crippen molar-refractivity contribution in [3.63, 3.8) is 0 Å². The number of anilines is 2. The number of amides is 2. The molecule has 3 aromatic rings. The molecule has 3 aromatic carbocycles. The Morgan fingerprint density at radius 3 is 1.93 bits per heavy atom. The quantitative estimate of drug-likeness (QED) is 0.519. The van der Waals surface area contributed by atoms with E-state index in [4.69, 9.17) is 0 Å². The minimum Gasteiger partial charge on any atom is -0.258 e. The number of hydrogen-bond acceptors (Lipinski definition) is 5. The molecule has 0 saturated carbocycles. The molecule has 1 fully saturated rings. The van der Waals surface area contributed by atoms with E-state index in [1.807, 2.05) is 61.5 Å². The summed E-state index contributed by atoms with van der Waals surface area (Å²) in [5.41, 5.74) is 9.54. The monoisotopic (exact) mass is 389 g/mol. The lowest BCUT2D eigenvalue weighted by molar-refractivity contribution is -0.384. The normalized spacial score (nSPS) is 16.7. The predicted octanol–water partition coefficient (Wildman–Crippen LogP) is 4.06. The van der Waals surface area contributed by atoms with Gasteiger partial charge in [0.1, 0.15) is 6.17 Å². The molecule has 0 radical (unpaired) electrons. The van der Waals surface area contributed by atoms with Gasteiger partial charge in [0.15, 0.2) is 0 Å². The first-order valence-corrected chi connectivity index (χ1v) is 9.05. The zero-order valence-corrected chi connectivity index (χ0v) is 15.6. The molecule has 2 amide bonds. The van der Waals surface area contributed by atoms with Crippen LogP contribution in [0.25, 0.3) is 0 Å². The molecule has 1 aliphatic heterocycles. The summed E-state index contributed by atoms with van der Waals surface area (Å²) in [7, 11) is 0. The number of urea groups is 1. The second-order valence-corrected chi connectivity index (χ2v) is 6.66. The molecule has 1 heterocycles. The summed E-state index contributed by atoms with van der Waals surface area (Å²) in [5.74, 6) is 0. The molecular formula is C21H19N5O3. The van der Waals surface area contributed by atoms with Gasteiger partial charge in [-0.05, 0) is 48.9 Å². The van der Waals surface area contributed by atoms with Crippen molar-refractivity contribution in [2.45, 2.75) is 13.1 Å². The molecule has 1 unspecified atom stereocenters. The molecule has 4 rings (SSSR count). The summed E-state index contributed by atoms with van der Waals surface area (Å²) in [6.07, 6.45) is -0.477. The van der Waals surface area contributed by atoms with E-state index in [0.717, 1.165) is 11.1 Å². The van der Waals surface area contributed by atoms with Gasteiger partial charge >= 0.3 is 6.03 Å². The maximum absolute atomic E-state index is 13.2. The highest BCUT2D eigenvalue weighted by molar-refractivity contribution is 6.03. The SMILES string of the molecule is Cc1ccc(N2NC(c3ccc([N+](=O)[O-])cc3)NN(c3ccccc3)C2=O)cc1. The number of carbonyl (C=O) groups is 1. The number of hydrazine groups is 2. The van der Waals surface area contributed by atoms with Gasteiger partial charge in [-0.2, -0.15) is 0 Å². The van der Waals surface area contributed by atoms with Crippen molar-refractivity contribution in [2.75, 3.05) is 10.0 Å². The number of benzene rings is 3. The van der Waals surface area contributed by atoms with Crippen LogP contribution < -0.4 is 20.9 Å². The first-order valence-electron chi connectivity index (χ1n) is 9.05. The van der Waals surface area contributed by atoms with Crippen LogP contribution in [-0.4, -0.2) is 11.0 Å². The highest BCUT2D eigenvalue weighted by atomic mass is 16.6. The zero-order chi connectivity index (χ0) is 20.4. The smallest absolute Gasteiger partial charge is 0.258 e. The molecule has 0 spiro atoms. The highest BCUT2D eigenvalue weighted by Gasteiger charge is 2.34. The molecule has 0 aromatic heterocycles. The molecule has 146 valence electrons. The number of carbonyl (C=O) groups excluding carboxylic acids is 1. The van der Waals surface area contributed by atoms with Crippen LogP contribution in [0.15, 0.2) is 78.9 Å². The molecule has 2 N–H and O–H groups in total. The lowest BCUT2D eigenvalue weighted by Crippen LogP contribution is -2.65. The van der Waals surface area contributed by atoms with E-state index < -0.39 is 11.1 Å². The van der Waals surface area contributed by atoms with Gasteiger partial charge in [0, 0.05) is 12.1 Å². The first-order chi connectivity index (χ1) is 14.0. The van der Waals surface area contributed by atoms with E-state index >= 15 is 0 Å². The summed E-state index contributed by atoms with van der Waals surface area (Å²) < 4.78 is 0. The summed E-state index contributed by atoms with van der Waals surface area (Å²) in [6, 6.07) is 22.7. The van der Waals surface area contributed by atoms with E-state index in [9.17, 15) is 14.9 Å². The van der Waals surface area contributed by atoms with Crippen LogP contribution in [-0.2, 0) is 0 Å². The van der Waals surface area contributed by atoms with Crippen molar-refractivity contribution in [2.24, 2.45) is 0 Å². The fourth-order valence-electron chi connectivity index (χ4n) is 3.08. The molecule has 0 aliphatic carbocycles. The Kier molecular flexibility index (Phi) is 4.94. The van der Waals surface area contributed by atoms with Gasteiger partial charge in [-0.25, -0.2) is 25.7 Å². The van der Waals surface area contributed by atoms with E-state index in [1.54, 1.807) is 12.1 Å². The van der Waals surface area contributed by atoms with Crippen LogP contribution in [0.2, 0.25) is 0 Å². The second-order valence-electron chi connectivity index (χ2n) is 6.66. The largest absolute Gasteiger partial charge is 0.358 e. The van der Waals surface area contributed by atoms with E-state index in [1.165, 1.54) is 22.2 Å². The Balaban J connectivity index is 1.71. The number of hydrogen-bond donors (Lipinski definition) is 2. The molecule has 1 atom stereocenters. The van der Waals surface area contributed by atoms with Gasteiger partial charge in [-0.3, -0.25) is 10.1 Å². The Morgan fingerprint density at radius 1 is 0.828 bits per heavy atom. The first kappa shape index (κ1) is 18.6. The van der Waals surface area contributed by atoms with Gasteiger partial charge in [-0.15, -0.1) is 0 Å². The maximum Gasteiger partial charge on any atom is 0.358 e. The summed E-state index contributed by atoms with van der Waals surface area (Å²) in [6.45, 7) is 1.98. The lowest BCUT2D eigenvalue weighted by atomic mass is 10.1. The van der Waals surface area contributed by atoms with Crippen LogP contribution in [0.5, 0.6) is 0 Å². The van der Waals surface area contributed by atoms with Gasteiger partial charge < -0.3 is 0 Å².